The third-order valence-corrected chi connectivity index (χ3v) is 2.78. The summed E-state index contributed by atoms with van der Waals surface area (Å²) >= 11 is 0. The molecule has 0 saturated heterocycles. The van der Waals surface area contributed by atoms with Crippen molar-refractivity contribution in [3.63, 3.8) is 0 Å². The largest absolute Gasteiger partial charge is 0.494 e. The van der Waals surface area contributed by atoms with Gasteiger partial charge in [0.05, 0.1) is 13.3 Å². The van der Waals surface area contributed by atoms with Crippen molar-refractivity contribution in [1.82, 2.24) is 5.16 Å². The molecule has 0 aliphatic heterocycles. The normalized spacial score (nSPS) is 10.7. The van der Waals surface area contributed by atoms with Gasteiger partial charge < -0.3 is 14.6 Å². The maximum atomic E-state index is 13.3. The second-order valence-electron chi connectivity index (χ2n) is 4.56. The smallest absolute Gasteiger partial charge is 0.255 e. The van der Waals surface area contributed by atoms with E-state index in [0.29, 0.717) is 17.0 Å². The summed E-state index contributed by atoms with van der Waals surface area (Å²) in [5, 5.41) is 6.35. The van der Waals surface area contributed by atoms with E-state index in [1.165, 1.54) is 31.5 Å². The Morgan fingerprint density at radius 3 is 2.85 bits per heavy atom. The number of carbonyl (C=O) groups is 1. The molecule has 1 amide bonds. The zero-order valence-corrected chi connectivity index (χ0v) is 11.4. The van der Waals surface area contributed by atoms with Gasteiger partial charge in [-0.15, -0.1) is 0 Å². The second kappa shape index (κ2) is 5.73. The number of rotatable bonds is 4. The molecule has 1 N–H and O–H groups in total. The number of methoxy groups -OCH3 is 1. The Kier molecular flexibility index (Phi) is 4.02. The van der Waals surface area contributed by atoms with Gasteiger partial charge in [-0.25, -0.2) is 4.39 Å². The lowest BCUT2D eigenvalue weighted by atomic mass is 10.1. The van der Waals surface area contributed by atoms with Gasteiger partial charge in [0.15, 0.2) is 17.3 Å². The van der Waals surface area contributed by atoms with E-state index < -0.39 is 5.82 Å². The summed E-state index contributed by atoms with van der Waals surface area (Å²) in [5.74, 6) is -0.194. The number of ether oxygens (including phenoxy) is 1. The van der Waals surface area contributed by atoms with Crippen LogP contribution >= 0.6 is 0 Å². The molecular formula is C14H15FN2O3. The summed E-state index contributed by atoms with van der Waals surface area (Å²) < 4.78 is 23.2. The highest BCUT2D eigenvalue weighted by molar-refractivity contribution is 6.04. The number of nitrogens with one attached hydrogen (secondary N) is 1. The average molecular weight is 278 g/mol. The topological polar surface area (TPSA) is 64.4 Å². The number of benzene rings is 1. The van der Waals surface area contributed by atoms with Crippen molar-refractivity contribution >= 4 is 11.6 Å². The Bertz CT molecular complexity index is 623. The van der Waals surface area contributed by atoms with Gasteiger partial charge in [0.1, 0.15) is 5.69 Å². The molecule has 20 heavy (non-hydrogen) atoms. The number of hydrogen-bond donors (Lipinski definition) is 1. The summed E-state index contributed by atoms with van der Waals surface area (Å²) in [6, 6.07) is 3.91. The lowest BCUT2D eigenvalue weighted by molar-refractivity contribution is 0.102. The highest BCUT2D eigenvalue weighted by Crippen LogP contribution is 2.25. The highest BCUT2D eigenvalue weighted by Gasteiger charge is 2.16. The van der Waals surface area contributed by atoms with E-state index in [9.17, 15) is 9.18 Å². The van der Waals surface area contributed by atoms with Gasteiger partial charge in [-0.1, -0.05) is 19.0 Å². The number of carbonyl (C=O) groups excluding carboxylic acids is 1. The van der Waals surface area contributed by atoms with Gasteiger partial charge in [0, 0.05) is 11.5 Å². The van der Waals surface area contributed by atoms with Crippen molar-refractivity contribution in [2.24, 2.45) is 0 Å². The first-order valence-corrected chi connectivity index (χ1v) is 6.12. The van der Waals surface area contributed by atoms with Crippen molar-refractivity contribution in [2.75, 3.05) is 12.4 Å². The number of nitrogens with zero attached hydrogens (tertiary/aromatic N) is 1. The molecule has 2 rings (SSSR count). The van der Waals surface area contributed by atoms with E-state index in [0.717, 1.165) is 0 Å². The first-order chi connectivity index (χ1) is 9.52. The molecule has 0 aliphatic rings. The van der Waals surface area contributed by atoms with Crippen molar-refractivity contribution < 1.29 is 18.4 Å². The molecule has 0 aliphatic carbocycles. The van der Waals surface area contributed by atoms with Crippen LogP contribution in [0.4, 0.5) is 10.1 Å². The van der Waals surface area contributed by atoms with Crippen LogP contribution in [0.25, 0.3) is 0 Å². The summed E-state index contributed by atoms with van der Waals surface area (Å²) in [4.78, 5) is 12.1. The minimum Gasteiger partial charge on any atom is -0.494 e. The Hall–Kier alpha value is -2.37. The first kappa shape index (κ1) is 14.0. The standard InChI is InChI=1S/C14H15FN2O3/c1-8(2)13-11(7-16-20-13)17-14(18)9-4-5-10(15)12(6-9)19-3/h4-8H,1-3H3,(H,17,18). The fraction of sp³-hybridized carbons (Fsp3) is 0.286. The quantitative estimate of drug-likeness (QED) is 0.932. The predicted molar refractivity (Wildman–Crippen MR) is 71.5 cm³/mol. The molecule has 1 aromatic heterocycles. The van der Waals surface area contributed by atoms with E-state index in [1.807, 2.05) is 13.8 Å². The van der Waals surface area contributed by atoms with Crippen LogP contribution in [0.5, 0.6) is 5.75 Å². The van der Waals surface area contributed by atoms with E-state index in [1.54, 1.807) is 0 Å². The van der Waals surface area contributed by atoms with Gasteiger partial charge in [-0.2, -0.15) is 0 Å². The lowest BCUT2D eigenvalue weighted by Gasteiger charge is -2.08. The molecule has 0 spiro atoms. The van der Waals surface area contributed by atoms with Crippen LogP contribution in [-0.4, -0.2) is 18.2 Å². The van der Waals surface area contributed by atoms with Gasteiger partial charge in [0.2, 0.25) is 0 Å². The first-order valence-electron chi connectivity index (χ1n) is 6.12. The highest BCUT2D eigenvalue weighted by atomic mass is 19.1. The van der Waals surface area contributed by atoms with Gasteiger partial charge >= 0.3 is 0 Å². The van der Waals surface area contributed by atoms with Gasteiger partial charge in [-0.05, 0) is 18.2 Å². The van der Waals surface area contributed by atoms with E-state index in [-0.39, 0.29) is 17.6 Å². The Morgan fingerprint density at radius 1 is 1.45 bits per heavy atom. The van der Waals surface area contributed by atoms with Gasteiger partial charge in [-0.3, -0.25) is 4.79 Å². The summed E-state index contributed by atoms with van der Waals surface area (Å²) in [6.45, 7) is 3.86. The molecule has 2 aromatic rings. The second-order valence-corrected chi connectivity index (χ2v) is 4.56. The molecule has 5 nitrogen and oxygen atoms in total. The number of amides is 1. The maximum Gasteiger partial charge on any atom is 0.255 e. The van der Waals surface area contributed by atoms with Crippen LogP contribution in [0.1, 0.15) is 35.9 Å². The minimum absolute atomic E-state index is 0.0204. The molecule has 0 atom stereocenters. The van der Waals surface area contributed by atoms with Crippen LogP contribution in [0.2, 0.25) is 0 Å². The molecule has 6 heteroatoms. The summed E-state index contributed by atoms with van der Waals surface area (Å²) in [5.41, 5.74) is 0.799. The molecule has 1 heterocycles. The Balaban J connectivity index is 2.22. The van der Waals surface area contributed by atoms with Crippen molar-refractivity contribution in [3.8, 4) is 5.75 Å². The zero-order valence-electron chi connectivity index (χ0n) is 11.4. The number of anilines is 1. The molecular weight excluding hydrogens is 263 g/mol. The molecule has 0 unspecified atom stereocenters. The molecule has 0 fully saturated rings. The van der Waals surface area contributed by atoms with Crippen LogP contribution in [-0.2, 0) is 0 Å². The SMILES string of the molecule is COc1cc(C(=O)Nc2cnoc2C(C)C)ccc1F. The van der Waals surface area contributed by atoms with Crippen molar-refractivity contribution in [2.45, 2.75) is 19.8 Å². The summed E-state index contributed by atoms with van der Waals surface area (Å²) in [6.07, 6.45) is 1.44. The molecule has 0 bridgehead atoms. The van der Waals surface area contributed by atoms with Gasteiger partial charge in [0.25, 0.3) is 5.91 Å². The third-order valence-electron chi connectivity index (χ3n) is 2.78. The maximum absolute atomic E-state index is 13.3. The molecule has 106 valence electrons. The zero-order chi connectivity index (χ0) is 14.7. The fourth-order valence-electron chi connectivity index (χ4n) is 1.75. The predicted octanol–water partition coefficient (Wildman–Crippen LogP) is 3.20. The molecule has 0 saturated carbocycles. The van der Waals surface area contributed by atoms with Crippen LogP contribution in [0.15, 0.2) is 28.9 Å². The van der Waals surface area contributed by atoms with Crippen LogP contribution < -0.4 is 10.1 Å². The fourth-order valence-corrected chi connectivity index (χ4v) is 1.75. The van der Waals surface area contributed by atoms with Crippen molar-refractivity contribution in [1.29, 1.82) is 0 Å². The minimum atomic E-state index is -0.517. The van der Waals surface area contributed by atoms with E-state index in [2.05, 4.69) is 10.5 Å². The Morgan fingerprint density at radius 2 is 2.20 bits per heavy atom. The molecule has 0 radical (unpaired) electrons. The number of halogens is 1. The van der Waals surface area contributed by atoms with Crippen molar-refractivity contribution in [3.05, 3.63) is 41.5 Å². The number of aromatic nitrogens is 1. The van der Waals surface area contributed by atoms with Crippen LogP contribution in [0.3, 0.4) is 0 Å². The van der Waals surface area contributed by atoms with E-state index in [4.69, 9.17) is 9.26 Å². The monoisotopic (exact) mass is 278 g/mol. The van der Waals surface area contributed by atoms with E-state index >= 15 is 0 Å². The summed E-state index contributed by atoms with van der Waals surface area (Å²) in [7, 11) is 1.34. The third kappa shape index (κ3) is 2.79. The molecule has 1 aromatic carbocycles. The van der Waals surface area contributed by atoms with Crippen LogP contribution in [0, 0.1) is 5.82 Å². The lowest BCUT2D eigenvalue weighted by Crippen LogP contribution is -2.13. The number of hydrogen-bond acceptors (Lipinski definition) is 4. The Labute approximate surface area is 115 Å². The average Bonchev–Trinajstić information content (AvgIpc) is 2.87.